The maximum atomic E-state index is 5.68. The van der Waals surface area contributed by atoms with E-state index in [4.69, 9.17) is 5.73 Å². The van der Waals surface area contributed by atoms with Crippen LogP contribution in [0.15, 0.2) is 22.9 Å². The van der Waals surface area contributed by atoms with Crippen LogP contribution in [-0.4, -0.2) is 18.1 Å². The van der Waals surface area contributed by atoms with Gasteiger partial charge < -0.3 is 5.73 Å². The molecule has 1 aromatic heterocycles. The smallest absolute Gasteiger partial charge is 0.0581 e. The van der Waals surface area contributed by atoms with Crippen LogP contribution in [0.5, 0.6) is 0 Å². The molecule has 0 saturated carbocycles. The molecule has 0 amide bonds. The second kappa shape index (κ2) is 6.57. The summed E-state index contributed by atoms with van der Waals surface area (Å²) in [6.45, 7) is 2.99. The molecule has 1 heterocycles. The Kier molecular flexibility index (Phi) is 5.33. The number of rotatable bonds is 4. The van der Waals surface area contributed by atoms with Gasteiger partial charge in [-0.1, -0.05) is 5.92 Å². The van der Waals surface area contributed by atoms with E-state index in [1.54, 1.807) is 6.20 Å². The standard InChI is InChI=1S/C11H14BrN3/c1-2-3-4-15-11(6-13)9-5-10(12)8-14-7-9/h5,7-8,11,15H,4,6,13H2,1H3. The normalized spacial score (nSPS) is 11.7. The molecule has 0 radical (unpaired) electrons. The molecule has 0 aromatic carbocycles. The lowest BCUT2D eigenvalue weighted by molar-refractivity contribution is 0.580. The van der Waals surface area contributed by atoms with Gasteiger partial charge in [-0.2, -0.15) is 0 Å². The monoisotopic (exact) mass is 267 g/mol. The Bertz CT molecular complexity index is 368. The maximum Gasteiger partial charge on any atom is 0.0581 e. The van der Waals surface area contributed by atoms with Gasteiger partial charge in [0.2, 0.25) is 0 Å². The average molecular weight is 268 g/mol. The predicted octanol–water partition coefficient (Wildman–Crippen LogP) is 1.46. The number of aromatic nitrogens is 1. The lowest BCUT2D eigenvalue weighted by Crippen LogP contribution is -2.28. The van der Waals surface area contributed by atoms with Crippen LogP contribution in [0.3, 0.4) is 0 Å². The van der Waals surface area contributed by atoms with E-state index in [-0.39, 0.29) is 6.04 Å². The molecule has 4 heteroatoms. The van der Waals surface area contributed by atoms with Crippen molar-refractivity contribution >= 4 is 15.9 Å². The zero-order chi connectivity index (χ0) is 11.1. The number of hydrogen-bond donors (Lipinski definition) is 2. The molecule has 0 spiro atoms. The topological polar surface area (TPSA) is 50.9 Å². The van der Waals surface area contributed by atoms with E-state index in [9.17, 15) is 0 Å². The van der Waals surface area contributed by atoms with Gasteiger partial charge >= 0.3 is 0 Å². The summed E-state index contributed by atoms with van der Waals surface area (Å²) in [6, 6.07) is 2.12. The molecule has 0 fully saturated rings. The Morgan fingerprint density at radius 1 is 1.60 bits per heavy atom. The van der Waals surface area contributed by atoms with Crippen molar-refractivity contribution < 1.29 is 0 Å². The second-order valence-electron chi connectivity index (χ2n) is 3.03. The fraction of sp³-hybridized carbons (Fsp3) is 0.364. The van der Waals surface area contributed by atoms with Gasteiger partial charge in [-0.05, 0) is 34.5 Å². The third kappa shape index (κ3) is 4.00. The lowest BCUT2D eigenvalue weighted by Gasteiger charge is -2.15. The lowest BCUT2D eigenvalue weighted by atomic mass is 10.1. The molecule has 1 unspecified atom stereocenters. The first-order valence-corrected chi connectivity index (χ1v) is 5.50. The molecule has 0 bridgehead atoms. The van der Waals surface area contributed by atoms with Gasteiger partial charge in [-0.25, -0.2) is 0 Å². The first-order chi connectivity index (χ1) is 7.27. The highest BCUT2D eigenvalue weighted by molar-refractivity contribution is 9.10. The SMILES string of the molecule is CC#CCNC(CN)c1cncc(Br)c1. The molecular formula is C11H14BrN3. The number of hydrogen-bond acceptors (Lipinski definition) is 3. The molecule has 0 aliphatic rings. The molecule has 0 aliphatic heterocycles. The largest absolute Gasteiger partial charge is 0.329 e. The molecule has 0 aliphatic carbocycles. The van der Waals surface area contributed by atoms with E-state index in [0.717, 1.165) is 10.0 Å². The van der Waals surface area contributed by atoms with Crippen molar-refractivity contribution in [1.29, 1.82) is 0 Å². The minimum atomic E-state index is 0.107. The van der Waals surface area contributed by atoms with Gasteiger partial charge in [0.1, 0.15) is 0 Å². The molecule has 3 nitrogen and oxygen atoms in total. The van der Waals surface area contributed by atoms with Crippen LogP contribution in [0.25, 0.3) is 0 Å². The summed E-state index contributed by atoms with van der Waals surface area (Å²) in [7, 11) is 0. The van der Waals surface area contributed by atoms with E-state index in [2.05, 4.69) is 38.1 Å². The summed E-state index contributed by atoms with van der Waals surface area (Å²) in [6.07, 6.45) is 3.57. The van der Waals surface area contributed by atoms with Crippen molar-refractivity contribution in [2.45, 2.75) is 13.0 Å². The van der Waals surface area contributed by atoms with Gasteiger partial charge in [-0.15, -0.1) is 5.92 Å². The number of nitrogens with zero attached hydrogens (tertiary/aromatic N) is 1. The van der Waals surface area contributed by atoms with Crippen molar-refractivity contribution in [3.8, 4) is 11.8 Å². The van der Waals surface area contributed by atoms with Gasteiger partial charge in [-0.3, -0.25) is 10.3 Å². The third-order valence-electron chi connectivity index (χ3n) is 1.98. The third-order valence-corrected chi connectivity index (χ3v) is 2.41. The molecule has 80 valence electrons. The van der Waals surface area contributed by atoms with Crippen LogP contribution >= 0.6 is 15.9 Å². The van der Waals surface area contributed by atoms with Crippen molar-refractivity contribution in [3.63, 3.8) is 0 Å². The van der Waals surface area contributed by atoms with Crippen molar-refractivity contribution in [2.24, 2.45) is 5.73 Å². The molecule has 15 heavy (non-hydrogen) atoms. The first-order valence-electron chi connectivity index (χ1n) is 4.71. The van der Waals surface area contributed by atoms with Crippen LogP contribution in [-0.2, 0) is 0 Å². The Morgan fingerprint density at radius 2 is 2.40 bits per heavy atom. The Balaban J connectivity index is 2.68. The fourth-order valence-corrected chi connectivity index (χ4v) is 1.60. The molecule has 1 atom stereocenters. The Morgan fingerprint density at radius 3 is 3.00 bits per heavy atom. The van der Waals surface area contributed by atoms with Crippen molar-refractivity contribution in [2.75, 3.05) is 13.1 Å². The minimum Gasteiger partial charge on any atom is -0.329 e. The van der Waals surface area contributed by atoms with Gasteiger partial charge in [0.25, 0.3) is 0 Å². The van der Waals surface area contributed by atoms with E-state index in [1.165, 1.54) is 0 Å². The summed E-state index contributed by atoms with van der Waals surface area (Å²) in [5, 5.41) is 3.25. The zero-order valence-corrected chi connectivity index (χ0v) is 10.2. The molecule has 1 rings (SSSR count). The Labute approximate surface area is 98.6 Å². The number of nitrogens with one attached hydrogen (secondary N) is 1. The first kappa shape index (κ1) is 12.2. The Hall–Kier alpha value is -0.890. The van der Waals surface area contributed by atoms with Crippen LogP contribution in [0.1, 0.15) is 18.5 Å². The minimum absolute atomic E-state index is 0.107. The summed E-state index contributed by atoms with van der Waals surface area (Å²) >= 11 is 3.38. The van der Waals surface area contributed by atoms with Gasteiger partial charge in [0.15, 0.2) is 0 Å². The van der Waals surface area contributed by atoms with Crippen LogP contribution in [0, 0.1) is 11.8 Å². The van der Waals surface area contributed by atoms with Crippen LogP contribution in [0.4, 0.5) is 0 Å². The van der Waals surface area contributed by atoms with Crippen LogP contribution < -0.4 is 11.1 Å². The highest BCUT2D eigenvalue weighted by atomic mass is 79.9. The zero-order valence-electron chi connectivity index (χ0n) is 8.63. The highest BCUT2D eigenvalue weighted by Gasteiger charge is 2.08. The molecule has 3 N–H and O–H groups in total. The highest BCUT2D eigenvalue weighted by Crippen LogP contribution is 2.15. The maximum absolute atomic E-state index is 5.68. The summed E-state index contributed by atoms with van der Waals surface area (Å²) in [5.41, 5.74) is 6.76. The average Bonchev–Trinajstić information content (AvgIpc) is 2.24. The second-order valence-corrected chi connectivity index (χ2v) is 3.95. The van der Waals surface area contributed by atoms with Crippen molar-refractivity contribution in [1.82, 2.24) is 10.3 Å². The molecule has 1 aromatic rings. The molecule has 0 saturated heterocycles. The number of nitrogens with two attached hydrogens (primary N) is 1. The summed E-state index contributed by atoms with van der Waals surface area (Å²) < 4.78 is 0.960. The fourth-order valence-electron chi connectivity index (χ4n) is 1.22. The number of pyridine rings is 1. The summed E-state index contributed by atoms with van der Waals surface area (Å²) in [5.74, 6) is 5.78. The predicted molar refractivity (Wildman–Crippen MR) is 65.2 cm³/mol. The quantitative estimate of drug-likeness (QED) is 0.813. The van der Waals surface area contributed by atoms with Crippen molar-refractivity contribution in [3.05, 3.63) is 28.5 Å². The number of halogens is 1. The van der Waals surface area contributed by atoms with Gasteiger partial charge in [0.05, 0.1) is 6.54 Å². The van der Waals surface area contributed by atoms with E-state index < -0.39 is 0 Å². The summed E-state index contributed by atoms with van der Waals surface area (Å²) in [4.78, 5) is 4.10. The van der Waals surface area contributed by atoms with Crippen LogP contribution in [0.2, 0.25) is 0 Å². The van der Waals surface area contributed by atoms with E-state index >= 15 is 0 Å². The van der Waals surface area contributed by atoms with E-state index in [0.29, 0.717) is 13.1 Å². The molecular weight excluding hydrogens is 254 g/mol. The van der Waals surface area contributed by atoms with E-state index in [1.807, 2.05) is 19.2 Å². The van der Waals surface area contributed by atoms with Gasteiger partial charge in [0, 0.05) is 29.5 Å².